The van der Waals surface area contributed by atoms with E-state index in [0.717, 1.165) is 31.0 Å². The molecule has 6 nitrogen and oxygen atoms in total. The minimum Gasteiger partial charge on any atom is -0.351 e. The van der Waals surface area contributed by atoms with Gasteiger partial charge in [0.1, 0.15) is 0 Å². The van der Waals surface area contributed by atoms with Crippen molar-refractivity contribution in [1.82, 2.24) is 10.0 Å². The molecule has 2 rings (SSSR count). The first-order chi connectivity index (χ1) is 11.1. The van der Waals surface area contributed by atoms with Crippen molar-refractivity contribution >= 4 is 15.9 Å². The number of carbonyl (C=O) groups is 1. The molecule has 1 fully saturated rings. The van der Waals surface area contributed by atoms with E-state index in [2.05, 4.69) is 5.32 Å². The number of hydrogen-bond donors (Lipinski definition) is 3. The lowest BCUT2D eigenvalue weighted by atomic mass is 10.2. The smallest absolute Gasteiger partial charge is 0.351 e. The molecule has 0 aromatic heterocycles. The van der Waals surface area contributed by atoms with E-state index in [0.29, 0.717) is 12.0 Å². The van der Waals surface area contributed by atoms with Gasteiger partial charge in [-0.25, -0.2) is 13.1 Å². The molecule has 10 heteroatoms. The zero-order valence-electron chi connectivity index (χ0n) is 12.6. The van der Waals surface area contributed by atoms with E-state index in [1.165, 1.54) is 0 Å². The van der Waals surface area contributed by atoms with Crippen LogP contribution < -0.4 is 15.8 Å². The molecule has 1 atom stereocenters. The van der Waals surface area contributed by atoms with Crippen LogP contribution in [0.25, 0.3) is 0 Å². The number of carbonyl (C=O) groups excluding carboxylic acids is 1. The Hall–Kier alpha value is -1.65. The second-order valence-corrected chi connectivity index (χ2v) is 7.36. The number of rotatable bonds is 7. The highest BCUT2D eigenvalue weighted by Crippen LogP contribution is 2.32. The summed E-state index contributed by atoms with van der Waals surface area (Å²) in [5.74, 6) is -0.271. The van der Waals surface area contributed by atoms with E-state index in [1.807, 2.05) is 4.72 Å². The van der Waals surface area contributed by atoms with E-state index >= 15 is 0 Å². The maximum atomic E-state index is 12.6. The van der Waals surface area contributed by atoms with Gasteiger partial charge in [-0.05, 0) is 37.0 Å². The van der Waals surface area contributed by atoms with Crippen molar-refractivity contribution in [2.24, 2.45) is 11.7 Å². The van der Waals surface area contributed by atoms with Crippen LogP contribution in [0.2, 0.25) is 0 Å². The van der Waals surface area contributed by atoms with Crippen LogP contribution >= 0.6 is 0 Å². The fourth-order valence-corrected chi connectivity index (χ4v) is 3.24. The third-order valence-electron chi connectivity index (χ3n) is 3.69. The summed E-state index contributed by atoms with van der Waals surface area (Å²) in [4.78, 5) is 11.2. The number of sulfonamides is 1. The Morgan fingerprint density at radius 2 is 2.00 bits per heavy atom. The molecule has 0 radical (unpaired) electrons. The molecule has 0 bridgehead atoms. The van der Waals surface area contributed by atoms with Crippen molar-refractivity contribution < 1.29 is 26.4 Å². The molecule has 1 aliphatic rings. The number of halogens is 3. The molecule has 1 unspecified atom stereocenters. The zero-order chi connectivity index (χ0) is 18.0. The molecule has 4 N–H and O–H groups in total. The summed E-state index contributed by atoms with van der Waals surface area (Å²) in [6.45, 7) is -0.321. The maximum Gasteiger partial charge on any atom is 0.416 e. The van der Waals surface area contributed by atoms with E-state index in [1.54, 1.807) is 0 Å². The monoisotopic (exact) mass is 365 g/mol. The predicted octanol–water partition coefficient (Wildman–Crippen LogP) is 0.837. The highest BCUT2D eigenvalue weighted by molar-refractivity contribution is 7.89. The van der Waals surface area contributed by atoms with Crippen LogP contribution in [0.3, 0.4) is 0 Å². The van der Waals surface area contributed by atoms with Crippen molar-refractivity contribution in [3.63, 3.8) is 0 Å². The van der Waals surface area contributed by atoms with Crippen molar-refractivity contribution in [1.29, 1.82) is 0 Å². The largest absolute Gasteiger partial charge is 0.416 e. The Bertz CT molecular complexity index is 703. The third kappa shape index (κ3) is 4.92. The number of amides is 1. The third-order valence-corrected chi connectivity index (χ3v) is 5.08. The summed E-state index contributed by atoms with van der Waals surface area (Å²) in [5.41, 5.74) is 4.46. The Balaban J connectivity index is 1.99. The average Bonchev–Trinajstić information content (AvgIpc) is 3.35. The molecular weight excluding hydrogens is 347 g/mol. The average molecular weight is 365 g/mol. The highest BCUT2D eigenvalue weighted by atomic mass is 32.2. The Morgan fingerprint density at radius 1 is 1.33 bits per heavy atom. The van der Waals surface area contributed by atoms with Gasteiger partial charge in [0.15, 0.2) is 0 Å². The van der Waals surface area contributed by atoms with E-state index in [-0.39, 0.29) is 12.6 Å². The minimum absolute atomic E-state index is 0.212. The number of benzene rings is 1. The summed E-state index contributed by atoms with van der Waals surface area (Å²) in [5, 5.41) is 2.62. The molecule has 1 aliphatic carbocycles. The van der Waals surface area contributed by atoms with Crippen LogP contribution in [-0.4, -0.2) is 33.5 Å². The number of alkyl halides is 3. The number of nitrogens with one attached hydrogen (secondary N) is 2. The van der Waals surface area contributed by atoms with Crippen LogP contribution in [0.5, 0.6) is 0 Å². The zero-order valence-corrected chi connectivity index (χ0v) is 13.5. The fourth-order valence-electron chi connectivity index (χ4n) is 2.21. The van der Waals surface area contributed by atoms with Gasteiger partial charge in [-0.3, -0.25) is 4.79 Å². The van der Waals surface area contributed by atoms with E-state index < -0.39 is 39.1 Å². The van der Waals surface area contributed by atoms with Crippen molar-refractivity contribution in [2.45, 2.75) is 30.0 Å². The fraction of sp³-hybridized carbons (Fsp3) is 0.500. The van der Waals surface area contributed by atoms with Crippen LogP contribution in [0.15, 0.2) is 29.2 Å². The first-order valence-corrected chi connectivity index (χ1v) is 8.78. The summed E-state index contributed by atoms with van der Waals surface area (Å²) in [7, 11) is -4.23. The lowest BCUT2D eigenvalue weighted by molar-refractivity contribution is -0.137. The molecule has 1 saturated carbocycles. The molecular formula is C14H18F3N3O3S. The topological polar surface area (TPSA) is 101 Å². The standard InChI is InChI=1S/C14H18F3N3O3S/c15-14(16,17)10-2-1-3-11(6-10)24(22,23)19-8-13(21)20-12(7-18)9-4-5-9/h1-3,6,9,12,19H,4-5,7-8,18H2,(H,20,21). The van der Waals surface area contributed by atoms with Crippen LogP contribution in [0, 0.1) is 5.92 Å². The summed E-state index contributed by atoms with van der Waals surface area (Å²) in [6, 6.07) is 3.10. The Kier molecular flexibility index (Phi) is 5.51. The first kappa shape index (κ1) is 18.7. The van der Waals surface area contributed by atoms with Gasteiger partial charge >= 0.3 is 6.18 Å². The van der Waals surface area contributed by atoms with E-state index in [9.17, 15) is 26.4 Å². The van der Waals surface area contributed by atoms with Gasteiger partial charge in [0.25, 0.3) is 0 Å². The van der Waals surface area contributed by atoms with Gasteiger partial charge in [0.05, 0.1) is 17.0 Å². The van der Waals surface area contributed by atoms with Gasteiger partial charge in [0, 0.05) is 12.6 Å². The van der Waals surface area contributed by atoms with Crippen molar-refractivity contribution in [2.75, 3.05) is 13.1 Å². The van der Waals surface area contributed by atoms with Gasteiger partial charge < -0.3 is 11.1 Å². The van der Waals surface area contributed by atoms with Crippen molar-refractivity contribution in [3.8, 4) is 0 Å². The van der Waals surface area contributed by atoms with Crippen LogP contribution in [-0.2, 0) is 21.0 Å². The van der Waals surface area contributed by atoms with Crippen LogP contribution in [0.1, 0.15) is 18.4 Å². The van der Waals surface area contributed by atoms with Gasteiger partial charge in [-0.2, -0.15) is 13.2 Å². The summed E-state index contributed by atoms with van der Waals surface area (Å²) in [6.07, 6.45) is -2.74. The molecule has 24 heavy (non-hydrogen) atoms. The molecule has 0 spiro atoms. The number of nitrogens with two attached hydrogens (primary N) is 1. The lowest BCUT2D eigenvalue weighted by Gasteiger charge is -2.16. The quantitative estimate of drug-likeness (QED) is 0.666. The van der Waals surface area contributed by atoms with Gasteiger partial charge in [-0.1, -0.05) is 6.07 Å². The van der Waals surface area contributed by atoms with E-state index in [4.69, 9.17) is 5.73 Å². The first-order valence-electron chi connectivity index (χ1n) is 7.30. The maximum absolute atomic E-state index is 12.6. The SMILES string of the molecule is NCC(NC(=O)CNS(=O)(=O)c1cccc(C(F)(F)F)c1)C1CC1. The summed E-state index contributed by atoms with van der Waals surface area (Å²) < 4.78 is 64.0. The minimum atomic E-state index is -4.65. The molecule has 0 heterocycles. The van der Waals surface area contributed by atoms with Gasteiger partial charge in [0.2, 0.25) is 15.9 Å². The molecule has 0 saturated heterocycles. The Labute approximate surface area is 137 Å². The second kappa shape index (κ2) is 7.08. The van der Waals surface area contributed by atoms with Gasteiger partial charge in [-0.15, -0.1) is 0 Å². The Morgan fingerprint density at radius 3 is 2.54 bits per heavy atom. The lowest BCUT2D eigenvalue weighted by Crippen LogP contribution is -2.46. The second-order valence-electron chi connectivity index (χ2n) is 5.60. The molecule has 134 valence electrons. The molecule has 1 aromatic rings. The normalized spacial score (nSPS) is 16.7. The predicted molar refractivity (Wildman–Crippen MR) is 80.3 cm³/mol. The summed E-state index contributed by atoms with van der Waals surface area (Å²) >= 11 is 0. The molecule has 1 aromatic carbocycles. The van der Waals surface area contributed by atoms with Crippen molar-refractivity contribution in [3.05, 3.63) is 29.8 Å². The van der Waals surface area contributed by atoms with Crippen LogP contribution in [0.4, 0.5) is 13.2 Å². The number of hydrogen-bond acceptors (Lipinski definition) is 4. The molecule has 1 amide bonds. The highest BCUT2D eigenvalue weighted by Gasteiger charge is 2.32. The molecule has 0 aliphatic heterocycles.